The van der Waals surface area contributed by atoms with Crippen molar-refractivity contribution in [2.75, 3.05) is 11.5 Å². The van der Waals surface area contributed by atoms with Crippen molar-refractivity contribution >= 4 is 9.84 Å². The Labute approximate surface area is 79.1 Å². The molecule has 1 rings (SSSR count). The summed E-state index contributed by atoms with van der Waals surface area (Å²) in [6.07, 6.45) is 3.19. The van der Waals surface area contributed by atoms with Crippen LogP contribution in [0.1, 0.15) is 12.8 Å². The number of hydrazine groups is 1. The largest absolute Gasteiger partial charge is 0.271 e. The standard InChI is InChI=1S/C8H16N2O2S/c1-2-3-8(10-9)7-4-5-13(11,12)6-7/h2,7-8,10H,1,3-6,9H2. The highest BCUT2D eigenvalue weighted by Crippen LogP contribution is 2.23. The highest BCUT2D eigenvalue weighted by molar-refractivity contribution is 7.91. The zero-order chi connectivity index (χ0) is 9.90. The third-order valence-electron chi connectivity index (χ3n) is 2.47. The molecule has 5 heteroatoms. The average Bonchev–Trinajstić information content (AvgIpc) is 2.42. The molecule has 0 aromatic carbocycles. The second-order valence-corrected chi connectivity index (χ2v) is 5.69. The molecular weight excluding hydrogens is 188 g/mol. The number of hydrogen-bond acceptors (Lipinski definition) is 4. The van der Waals surface area contributed by atoms with Crippen molar-refractivity contribution in [3.05, 3.63) is 12.7 Å². The Kier molecular flexibility index (Phi) is 3.47. The molecule has 1 fully saturated rings. The molecule has 1 aliphatic rings. The third kappa shape index (κ3) is 2.79. The molecule has 0 aromatic rings. The first-order valence-electron chi connectivity index (χ1n) is 4.36. The Balaban J connectivity index is 2.57. The van der Waals surface area contributed by atoms with Crippen molar-refractivity contribution in [2.45, 2.75) is 18.9 Å². The van der Waals surface area contributed by atoms with Gasteiger partial charge in [-0.3, -0.25) is 11.3 Å². The van der Waals surface area contributed by atoms with Gasteiger partial charge in [0.1, 0.15) is 0 Å². The molecular formula is C8H16N2O2S. The molecule has 0 saturated carbocycles. The molecule has 0 bridgehead atoms. The highest BCUT2D eigenvalue weighted by atomic mass is 32.2. The monoisotopic (exact) mass is 204 g/mol. The number of hydrogen-bond donors (Lipinski definition) is 2. The maximum absolute atomic E-state index is 11.2. The van der Waals surface area contributed by atoms with E-state index < -0.39 is 9.84 Å². The van der Waals surface area contributed by atoms with Crippen LogP contribution in [0.4, 0.5) is 0 Å². The quantitative estimate of drug-likeness (QED) is 0.379. The van der Waals surface area contributed by atoms with E-state index in [1.807, 2.05) is 0 Å². The van der Waals surface area contributed by atoms with Gasteiger partial charge in [-0.15, -0.1) is 6.58 Å². The predicted molar refractivity (Wildman–Crippen MR) is 52.7 cm³/mol. The van der Waals surface area contributed by atoms with E-state index in [-0.39, 0.29) is 17.7 Å². The second kappa shape index (κ2) is 4.21. The van der Waals surface area contributed by atoms with E-state index in [9.17, 15) is 8.42 Å². The van der Waals surface area contributed by atoms with E-state index in [2.05, 4.69) is 12.0 Å². The van der Waals surface area contributed by atoms with Crippen LogP contribution in [0.2, 0.25) is 0 Å². The van der Waals surface area contributed by atoms with Gasteiger partial charge in [0.15, 0.2) is 9.84 Å². The Morgan fingerprint density at radius 1 is 1.69 bits per heavy atom. The fraction of sp³-hybridized carbons (Fsp3) is 0.750. The molecule has 4 nitrogen and oxygen atoms in total. The lowest BCUT2D eigenvalue weighted by atomic mass is 9.97. The minimum atomic E-state index is -2.80. The van der Waals surface area contributed by atoms with Crippen molar-refractivity contribution in [3.63, 3.8) is 0 Å². The first-order valence-corrected chi connectivity index (χ1v) is 6.18. The summed E-state index contributed by atoms with van der Waals surface area (Å²) < 4.78 is 22.3. The SMILES string of the molecule is C=CCC(NN)C1CCS(=O)(=O)C1. The van der Waals surface area contributed by atoms with Crippen molar-refractivity contribution in [2.24, 2.45) is 11.8 Å². The average molecular weight is 204 g/mol. The van der Waals surface area contributed by atoms with Crippen LogP contribution >= 0.6 is 0 Å². The normalized spacial score (nSPS) is 28.5. The molecule has 0 radical (unpaired) electrons. The third-order valence-corrected chi connectivity index (χ3v) is 4.27. The van der Waals surface area contributed by atoms with Gasteiger partial charge in [-0.1, -0.05) is 6.08 Å². The van der Waals surface area contributed by atoms with Crippen molar-refractivity contribution < 1.29 is 8.42 Å². The number of sulfone groups is 1. The van der Waals surface area contributed by atoms with Gasteiger partial charge in [-0.2, -0.15) is 0 Å². The minimum absolute atomic E-state index is 0.0507. The predicted octanol–water partition coefficient (Wildman–Crippen LogP) is -0.171. The van der Waals surface area contributed by atoms with Crippen molar-refractivity contribution in [3.8, 4) is 0 Å². The maximum atomic E-state index is 11.2. The molecule has 2 unspecified atom stereocenters. The first-order chi connectivity index (χ1) is 6.09. The van der Waals surface area contributed by atoms with E-state index in [0.29, 0.717) is 12.2 Å². The van der Waals surface area contributed by atoms with Gasteiger partial charge in [-0.05, 0) is 18.8 Å². The molecule has 0 aromatic heterocycles. The van der Waals surface area contributed by atoms with Crippen LogP contribution in [0, 0.1) is 5.92 Å². The molecule has 0 amide bonds. The summed E-state index contributed by atoms with van der Waals surface area (Å²) in [5.41, 5.74) is 2.65. The van der Waals surface area contributed by atoms with Gasteiger partial charge in [0.05, 0.1) is 11.5 Å². The molecule has 1 saturated heterocycles. The fourth-order valence-electron chi connectivity index (χ4n) is 1.72. The fourth-order valence-corrected chi connectivity index (χ4v) is 3.60. The summed E-state index contributed by atoms with van der Waals surface area (Å²) in [6.45, 7) is 3.61. The summed E-state index contributed by atoms with van der Waals surface area (Å²) in [5.74, 6) is 6.04. The molecule has 0 spiro atoms. The lowest BCUT2D eigenvalue weighted by molar-refractivity contribution is 0.390. The van der Waals surface area contributed by atoms with Crippen molar-refractivity contribution in [1.82, 2.24) is 5.43 Å². The van der Waals surface area contributed by atoms with Gasteiger partial charge in [-0.25, -0.2) is 8.42 Å². The lowest BCUT2D eigenvalue weighted by Crippen LogP contribution is -2.41. The number of nitrogens with two attached hydrogens (primary N) is 1. The number of nitrogens with one attached hydrogen (secondary N) is 1. The van der Waals surface area contributed by atoms with Crippen LogP contribution in [-0.4, -0.2) is 26.0 Å². The van der Waals surface area contributed by atoms with Gasteiger partial charge in [0.25, 0.3) is 0 Å². The smallest absolute Gasteiger partial charge is 0.150 e. The van der Waals surface area contributed by atoms with Crippen LogP contribution in [0.3, 0.4) is 0 Å². The van der Waals surface area contributed by atoms with E-state index >= 15 is 0 Å². The number of rotatable bonds is 4. The van der Waals surface area contributed by atoms with Crippen molar-refractivity contribution in [1.29, 1.82) is 0 Å². The topological polar surface area (TPSA) is 72.2 Å². The van der Waals surface area contributed by atoms with Crippen LogP contribution in [-0.2, 0) is 9.84 Å². The minimum Gasteiger partial charge on any atom is -0.271 e. The van der Waals surface area contributed by atoms with E-state index in [0.717, 1.165) is 6.42 Å². The van der Waals surface area contributed by atoms with E-state index in [1.54, 1.807) is 6.08 Å². The summed E-state index contributed by atoms with van der Waals surface area (Å²) in [7, 11) is -2.80. The van der Waals surface area contributed by atoms with E-state index in [1.165, 1.54) is 0 Å². The first kappa shape index (κ1) is 10.7. The summed E-state index contributed by atoms with van der Waals surface area (Å²) in [4.78, 5) is 0. The summed E-state index contributed by atoms with van der Waals surface area (Å²) in [6, 6.07) is 0.0507. The molecule has 0 aliphatic carbocycles. The second-order valence-electron chi connectivity index (χ2n) is 3.46. The maximum Gasteiger partial charge on any atom is 0.150 e. The zero-order valence-corrected chi connectivity index (χ0v) is 8.39. The molecule has 13 heavy (non-hydrogen) atoms. The van der Waals surface area contributed by atoms with E-state index in [4.69, 9.17) is 5.84 Å². The van der Waals surface area contributed by atoms with Gasteiger partial charge < -0.3 is 0 Å². The van der Waals surface area contributed by atoms with Crippen LogP contribution in [0.5, 0.6) is 0 Å². The van der Waals surface area contributed by atoms with Gasteiger partial charge in [0.2, 0.25) is 0 Å². The van der Waals surface area contributed by atoms with Gasteiger partial charge >= 0.3 is 0 Å². The summed E-state index contributed by atoms with van der Waals surface area (Å²) in [5, 5.41) is 0. The Morgan fingerprint density at radius 2 is 2.38 bits per heavy atom. The molecule has 1 aliphatic heterocycles. The van der Waals surface area contributed by atoms with Crippen LogP contribution < -0.4 is 11.3 Å². The Morgan fingerprint density at radius 3 is 2.77 bits per heavy atom. The van der Waals surface area contributed by atoms with Crippen LogP contribution in [0.15, 0.2) is 12.7 Å². The van der Waals surface area contributed by atoms with Gasteiger partial charge in [0, 0.05) is 6.04 Å². The lowest BCUT2D eigenvalue weighted by Gasteiger charge is -2.19. The zero-order valence-electron chi connectivity index (χ0n) is 7.57. The Hall–Kier alpha value is -0.390. The highest BCUT2D eigenvalue weighted by Gasteiger charge is 2.32. The molecule has 76 valence electrons. The Bertz CT molecular complexity index is 274. The molecule has 3 N–H and O–H groups in total. The summed E-state index contributed by atoms with van der Waals surface area (Å²) >= 11 is 0. The molecule has 1 heterocycles. The van der Waals surface area contributed by atoms with Crippen LogP contribution in [0.25, 0.3) is 0 Å². The molecule has 2 atom stereocenters.